The number of hydrogen-bond acceptors (Lipinski definition) is 8. The van der Waals surface area contributed by atoms with Crippen molar-refractivity contribution in [1.82, 2.24) is 19.0 Å². The topological polar surface area (TPSA) is 130 Å². The van der Waals surface area contributed by atoms with E-state index >= 15 is 0 Å². The SMILES string of the molecule is CN(C)Cc1c(-c2ccc(N)cc2)sc2c1c(=O)n(-c1cccc(N(C)S(=O)[O-])n1)c(=O)n2Cc1c(F)cccc1F. The first-order chi connectivity index (χ1) is 20.0. The molecule has 42 heavy (non-hydrogen) atoms. The average Bonchev–Trinajstić information content (AvgIpc) is 3.31. The van der Waals surface area contributed by atoms with E-state index in [4.69, 9.17) is 5.73 Å². The van der Waals surface area contributed by atoms with E-state index in [1.165, 1.54) is 31.3 Å². The first-order valence-electron chi connectivity index (χ1n) is 12.5. The van der Waals surface area contributed by atoms with Crippen LogP contribution in [0.2, 0.25) is 0 Å². The molecule has 0 bridgehead atoms. The lowest BCUT2D eigenvalue weighted by molar-refractivity contribution is 0.405. The van der Waals surface area contributed by atoms with E-state index in [1.807, 2.05) is 19.0 Å². The molecule has 3 aromatic heterocycles. The van der Waals surface area contributed by atoms with Crippen LogP contribution in [0, 0.1) is 11.6 Å². The van der Waals surface area contributed by atoms with Gasteiger partial charge in [-0.25, -0.2) is 23.1 Å². The monoisotopic (exact) mass is 611 g/mol. The maximum atomic E-state index is 14.8. The van der Waals surface area contributed by atoms with Crippen molar-refractivity contribution in [2.75, 3.05) is 31.2 Å². The number of nitrogens with zero attached hydrogens (tertiary/aromatic N) is 5. The van der Waals surface area contributed by atoms with Crippen LogP contribution in [0.4, 0.5) is 20.3 Å². The van der Waals surface area contributed by atoms with Gasteiger partial charge in [0.15, 0.2) is 0 Å². The fraction of sp³-hybridized carbons (Fsp3) is 0.179. The zero-order chi connectivity index (χ0) is 30.3. The van der Waals surface area contributed by atoms with Crippen LogP contribution < -0.4 is 21.3 Å². The molecule has 1 unspecified atom stereocenters. The van der Waals surface area contributed by atoms with Crippen LogP contribution >= 0.6 is 11.3 Å². The zero-order valence-corrected chi connectivity index (χ0v) is 24.3. The molecule has 3 heterocycles. The highest BCUT2D eigenvalue weighted by molar-refractivity contribution is 7.80. The van der Waals surface area contributed by atoms with Gasteiger partial charge in [-0.15, -0.1) is 11.3 Å². The molecule has 0 aliphatic heterocycles. The summed E-state index contributed by atoms with van der Waals surface area (Å²) in [4.78, 5) is 35.3. The van der Waals surface area contributed by atoms with E-state index in [9.17, 15) is 27.1 Å². The fourth-order valence-electron chi connectivity index (χ4n) is 4.57. The molecule has 14 heteroatoms. The summed E-state index contributed by atoms with van der Waals surface area (Å²) in [6, 6.07) is 14.6. The van der Waals surface area contributed by atoms with Crippen LogP contribution in [0.25, 0.3) is 26.5 Å². The Balaban J connectivity index is 1.90. The smallest absolute Gasteiger partial charge is 0.338 e. The van der Waals surface area contributed by atoms with Crippen molar-refractivity contribution in [2.24, 2.45) is 0 Å². The second kappa shape index (κ2) is 11.6. The number of thiophene rings is 1. The first kappa shape index (κ1) is 29.3. The van der Waals surface area contributed by atoms with Crippen molar-refractivity contribution in [2.45, 2.75) is 13.1 Å². The second-order valence-corrected chi connectivity index (χ2v) is 11.7. The Morgan fingerprint density at radius 2 is 1.62 bits per heavy atom. The Hall–Kier alpha value is -4.24. The maximum absolute atomic E-state index is 14.8. The van der Waals surface area contributed by atoms with Crippen LogP contribution in [0.3, 0.4) is 0 Å². The van der Waals surface area contributed by atoms with Crippen molar-refractivity contribution in [3.8, 4) is 16.3 Å². The summed E-state index contributed by atoms with van der Waals surface area (Å²) in [5, 5.41) is 0.171. The standard InChI is InChI=1S/C28H26F2N6O4S2/c1-33(2)14-19-24-26(37)36(23-9-5-8-22(32-23)34(3)42(39)40)28(38)35(15-18-20(29)6-4-7-21(18)30)27(24)41-25(19)16-10-12-17(31)13-11-16/h4-13H,14-15,31H2,1-3H3,(H,39,40)/p-1. The molecule has 218 valence electrons. The van der Waals surface area contributed by atoms with E-state index < -0.39 is 40.7 Å². The van der Waals surface area contributed by atoms with Gasteiger partial charge >= 0.3 is 5.69 Å². The van der Waals surface area contributed by atoms with E-state index in [2.05, 4.69) is 4.98 Å². The molecule has 0 fully saturated rings. The Labute approximate surface area is 245 Å². The van der Waals surface area contributed by atoms with Crippen molar-refractivity contribution < 1.29 is 17.5 Å². The molecule has 0 saturated carbocycles. The van der Waals surface area contributed by atoms with Gasteiger partial charge in [0, 0.05) is 41.0 Å². The van der Waals surface area contributed by atoms with Crippen LogP contribution in [0.1, 0.15) is 11.1 Å². The summed E-state index contributed by atoms with van der Waals surface area (Å²) in [7, 11) is 4.90. The Kier molecular flexibility index (Phi) is 8.06. The third-order valence-electron chi connectivity index (χ3n) is 6.59. The minimum atomic E-state index is -2.67. The number of pyridine rings is 1. The van der Waals surface area contributed by atoms with Gasteiger partial charge < -0.3 is 15.2 Å². The average molecular weight is 612 g/mol. The quantitative estimate of drug-likeness (QED) is 0.210. The lowest BCUT2D eigenvalue weighted by Gasteiger charge is -2.20. The van der Waals surface area contributed by atoms with Crippen LogP contribution in [-0.2, 0) is 24.4 Å². The molecular weight excluding hydrogens is 586 g/mol. The number of nitrogen functional groups attached to an aromatic ring is 1. The Morgan fingerprint density at radius 1 is 0.976 bits per heavy atom. The molecule has 0 spiro atoms. The third kappa shape index (κ3) is 5.36. The van der Waals surface area contributed by atoms with Gasteiger partial charge in [0.2, 0.25) is 0 Å². The zero-order valence-electron chi connectivity index (χ0n) is 22.7. The van der Waals surface area contributed by atoms with Crippen molar-refractivity contribution in [3.05, 3.63) is 104 Å². The van der Waals surface area contributed by atoms with E-state index in [0.717, 1.165) is 42.5 Å². The molecule has 0 aliphatic rings. The highest BCUT2D eigenvalue weighted by Crippen LogP contribution is 2.38. The molecule has 1 atom stereocenters. The summed E-state index contributed by atoms with van der Waals surface area (Å²) < 4.78 is 55.5. The molecule has 2 N–H and O–H groups in total. The maximum Gasteiger partial charge on any atom is 0.338 e. The van der Waals surface area contributed by atoms with Gasteiger partial charge in [-0.05, 0) is 61.6 Å². The number of fused-ring (bicyclic) bond motifs is 1. The predicted octanol–water partition coefficient (Wildman–Crippen LogP) is 3.48. The lowest BCUT2D eigenvalue weighted by Crippen LogP contribution is -2.40. The Morgan fingerprint density at radius 3 is 2.24 bits per heavy atom. The van der Waals surface area contributed by atoms with Crippen LogP contribution in [0.5, 0.6) is 0 Å². The van der Waals surface area contributed by atoms with Crippen LogP contribution in [-0.4, -0.2) is 48.9 Å². The number of rotatable bonds is 8. The molecule has 2 aromatic carbocycles. The predicted molar refractivity (Wildman–Crippen MR) is 159 cm³/mol. The van der Waals surface area contributed by atoms with E-state index in [1.54, 1.807) is 24.3 Å². The molecule has 5 aromatic rings. The summed E-state index contributed by atoms with van der Waals surface area (Å²) >= 11 is -1.52. The van der Waals surface area contributed by atoms with Gasteiger partial charge in [-0.1, -0.05) is 24.3 Å². The molecule has 10 nitrogen and oxygen atoms in total. The molecule has 0 amide bonds. The van der Waals surface area contributed by atoms with Crippen LogP contribution in [0.15, 0.2) is 70.3 Å². The molecular formula is C28H25F2N6O4S2-. The summed E-state index contributed by atoms with van der Waals surface area (Å²) in [5.74, 6) is -1.89. The first-order valence-corrected chi connectivity index (χ1v) is 14.4. The number of aromatic nitrogens is 3. The minimum Gasteiger partial charge on any atom is -0.755 e. The van der Waals surface area contributed by atoms with Gasteiger partial charge in [-0.2, -0.15) is 0 Å². The number of hydrogen-bond donors (Lipinski definition) is 1. The number of anilines is 2. The number of benzene rings is 2. The number of nitrogens with two attached hydrogens (primary N) is 1. The van der Waals surface area contributed by atoms with E-state index in [0.29, 0.717) is 22.7 Å². The molecule has 0 aliphatic carbocycles. The highest BCUT2D eigenvalue weighted by Gasteiger charge is 2.25. The fourth-order valence-corrected chi connectivity index (χ4v) is 6.13. The number of halogens is 2. The summed E-state index contributed by atoms with van der Waals surface area (Å²) in [6.07, 6.45) is 0. The van der Waals surface area contributed by atoms with Gasteiger partial charge in [0.1, 0.15) is 28.1 Å². The largest absolute Gasteiger partial charge is 0.755 e. The van der Waals surface area contributed by atoms with Gasteiger partial charge in [0.05, 0.1) is 11.9 Å². The highest BCUT2D eigenvalue weighted by atomic mass is 32.2. The Bertz CT molecular complexity index is 1930. The normalized spacial score (nSPS) is 12.3. The van der Waals surface area contributed by atoms with Crippen molar-refractivity contribution in [3.63, 3.8) is 0 Å². The third-order valence-corrected chi connectivity index (χ3v) is 8.53. The van der Waals surface area contributed by atoms with Gasteiger partial charge in [-0.3, -0.25) is 17.9 Å². The van der Waals surface area contributed by atoms with Crippen molar-refractivity contribution in [1.29, 1.82) is 0 Å². The summed E-state index contributed by atoms with van der Waals surface area (Å²) in [6.45, 7) is -0.214. The van der Waals surface area contributed by atoms with Crippen molar-refractivity contribution >= 4 is 44.3 Å². The van der Waals surface area contributed by atoms with Gasteiger partial charge in [0.25, 0.3) is 5.56 Å². The lowest BCUT2D eigenvalue weighted by atomic mass is 10.1. The molecule has 0 saturated heterocycles. The second-order valence-electron chi connectivity index (χ2n) is 9.73. The van der Waals surface area contributed by atoms with E-state index in [-0.39, 0.29) is 27.4 Å². The molecule has 0 radical (unpaired) electrons. The summed E-state index contributed by atoms with van der Waals surface area (Å²) in [5.41, 5.74) is 5.82. The molecule has 5 rings (SSSR count). The minimum absolute atomic E-state index is 0.0414.